The van der Waals surface area contributed by atoms with E-state index in [9.17, 15) is 0 Å². The van der Waals surface area contributed by atoms with Crippen molar-refractivity contribution in [3.8, 4) is 0 Å². The predicted molar refractivity (Wildman–Crippen MR) is 99.8 cm³/mol. The monoisotopic (exact) mass is 338 g/mol. The first-order valence-electron chi connectivity index (χ1n) is 9.17. The highest BCUT2D eigenvalue weighted by Crippen LogP contribution is 2.47. The van der Waals surface area contributed by atoms with E-state index in [1.807, 2.05) is 6.07 Å². The second kappa shape index (κ2) is 6.64. The summed E-state index contributed by atoms with van der Waals surface area (Å²) in [4.78, 5) is 11.4. The summed E-state index contributed by atoms with van der Waals surface area (Å²) in [5.41, 5.74) is 8.32. The van der Waals surface area contributed by atoms with Gasteiger partial charge in [-0.1, -0.05) is 6.07 Å². The van der Waals surface area contributed by atoms with Crippen LogP contribution in [0.4, 0.5) is 11.6 Å². The maximum atomic E-state index is 5.84. The highest BCUT2D eigenvalue weighted by atomic mass is 16.5. The molecule has 0 amide bonds. The van der Waals surface area contributed by atoms with Crippen LogP contribution < -0.4 is 10.6 Å². The van der Waals surface area contributed by atoms with Gasteiger partial charge in [-0.05, 0) is 62.4 Å². The van der Waals surface area contributed by atoms with Gasteiger partial charge < -0.3 is 15.4 Å². The molecule has 0 unspecified atom stereocenters. The number of anilines is 2. The summed E-state index contributed by atoms with van der Waals surface area (Å²) in [6, 6.07) is 10.5. The van der Waals surface area contributed by atoms with E-state index in [1.165, 1.54) is 11.3 Å². The number of morpholine rings is 1. The minimum Gasteiger partial charge on any atom is -0.384 e. The van der Waals surface area contributed by atoms with Gasteiger partial charge >= 0.3 is 0 Å². The van der Waals surface area contributed by atoms with Crippen LogP contribution in [0.3, 0.4) is 0 Å². The Morgan fingerprint density at radius 2 is 1.84 bits per heavy atom. The fraction of sp³-hybridized carbons (Fsp3) is 0.500. The summed E-state index contributed by atoms with van der Waals surface area (Å²) < 4.78 is 5.84. The van der Waals surface area contributed by atoms with Crippen LogP contribution in [0.2, 0.25) is 0 Å². The first kappa shape index (κ1) is 16.3. The fourth-order valence-corrected chi connectivity index (χ4v) is 4.06. The lowest BCUT2D eigenvalue weighted by atomic mass is 9.70. The third-order valence-electron chi connectivity index (χ3n) is 5.33. The molecule has 2 fully saturated rings. The Hall–Kier alpha value is -2.14. The minimum absolute atomic E-state index is 0.249. The lowest BCUT2D eigenvalue weighted by Crippen LogP contribution is -2.45. The molecule has 2 atom stereocenters. The number of pyridine rings is 2. The molecule has 2 aromatic rings. The number of ether oxygens (including phenoxy) is 1. The van der Waals surface area contributed by atoms with Gasteiger partial charge in [0.1, 0.15) is 11.6 Å². The van der Waals surface area contributed by atoms with Gasteiger partial charge in [-0.15, -0.1) is 0 Å². The largest absolute Gasteiger partial charge is 0.384 e. The van der Waals surface area contributed by atoms with Gasteiger partial charge in [0.25, 0.3) is 0 Å². The maximum absolute atomic E-state index is 5.84. The molecule has 5 heteroatoms. The average Bonchev–Trinajstić information content (AvgIpc) is 2.53. The second-order valence-corrected chi connectivity index (χ2v) is 7.46. The van der Waals surface area contributed by atoms with Crippen molar-refractivity contribution in [2.45, 2.75) is 50.7 Å². The molecule has 5 nitrogen and oxygen atoms in total. The van der Waals surface area contributed by atoms with Crippen molar-refractivity contribution in [3.63, 3.8) is 0 Å². The van der Waals surface area contributed by atoms with Crippen LogP contribution in [-0.2, 0) is 4.74 Å². The van der Waals surface area contributed by atoms with Gasteiger partial charge in [0.15, 0.2) is 0 Å². The van der Waals surface area contributed by atoms with Gasteiger partial charge in [0.05, 0.1) is 12.2 Å². The van der Waals surface area contributed by atoms with Crippen molar-refractivity contribution in [2.24, 2.45) is 0 Å². The second-order valence-electron chi connectivity index (χ2n) is 7.46. The van der Waals surface area contributed by atoms with Crippen molar-refractivity contribution in [1.29, 1.82) is 0 Å². The Labute approximate surface area is 149 Å². The zero-order valence-corrected chi connectivity index (χ0v) is 14.9. The Kier molecular flexibility index (Phi) is 4.34. The topological polar surface area (TPSA) is 64.3 Å². The zero-order valence-electron chi connectivity index (χ0n) is 14.9. The van der Waals surface area contributed by atoms with E-state index in [4.69, 9.17) is 15.5 Å². The molecule has 0 spiro atoms. The molecule has 2 N–H and O–H groups in total. The summed E-state index contributed by atoms with van der Waals surface area (Å²) >= 11 is 0. The van der Waals surface area contributed by atoms with Gasteiger partial charge in [0, 0.05) is 30.9 Å². The lowest BCUT2D eigenvalue weighted by Gasteiger charge is -2.38. The zero-order chi connectivity index (χ0) is 17.4. The molecule has 132 valence electrons. The Balaban J connectivity index is 1.44. The summed E-state index contributed by atoms with van der Waals surface area (Å²) in [5, 5.41) is 0. The van der Waals surface area contributed by atoms with E-state index in [2.05, 4.69) is 48.0 Å². The van der Waals surface area contributed by atoms with Crippen LogP contribution in [0.15, 0.2) is 36.5 Å². The van der Waals surface area contributed by atoms with Gasteiger partial charge in [-0.3, -0.25) is 0 Å². The normalized spacial score (nSPS) is 29.3. The number of nitrogen functional groups attached to an aromatic ring is 1. The first-order chi connectivity index (χ1) is 12.1. The number of aromatic nitrogens is 2. The molecule has 0 bridgehead atoms. The highest BCUT2D eigenvalue weighted by molar-refractivity contribution is 5.42. The van der Waals surface area contributed by atoms with Crippen LogP contribution >= 0.6 is 0 Å². The molecule has 4 rings (SSSR count). The van der Waals surface area contributed by atoms with Crippen molar-refractivity contribution in [2.75, 3.05) is 23.7 Å². The van der Waals surface area contributed by atoms with E-state index < -0.39 is 0 Å². The van der Waals surface area contributed by atoms with Crippen LogP contribution in [0.1, 0.15) is 49.8 Å². The summed E-state index contributed by atoms with van der Waals surface area (Å²) in [5.74, 6) is 2.80. The van der Waals surface area contributed by atoms with Crippen molar-refractivity contribution in [3.05, 3.63) is 47.8 Å². The van der Waals surface area contributed by atoms with Crippen LogP contribution in [0.5, 0.6) is 0 Å². The van der Waals surface area contributed by atoms with Crippen molar-refractivity contribution >= 4 is 11.6 Å². The predicted octanol–water partition coefficient (Wildman–Crippen LogP) is 3.33. The van der Waals surface area contributed by atoms with Gasteiger partial charge in [0.2, 0.25) is 0 Å². The molecule has 0 aromatic carbocycles. The molecular formula is C20H26N4O. The van der Waals surface area contributed by atoms with Crippen LogP contribution in [-0.4, -0.2) is 35.3 Å². The SMILES string of the molecule is C[C@@H]1CN(c2cccc([C@H]3C[C@H](c4ccnc(N)c4)C3)n2)C[C@H](C)O1. The molecule has 25 heavy (non-hydrogen) atoms. The first-order valence-corrected chi connectivity index (χ1v) is 9.17. The molecule has 1 aliphatic carbocycles. The van der Waals surface area contributed by atoms with Crippen LogP contribution in [0, 0.1) is 0 Å². The number of hydrogen-bond donors (Lipinski definition) is 1. The molecule has 1 saturated carbocycles. The summed E-state index contributed by atoms with van der Waals surface area (Å²) in [6.45, 7) is 6.07. The van der Waals surface area contributed by atoms with E-state index >= 15 is 0 Å². The average molecular weight is 338 g/mol. The smallest absolute Gasteiger partial charge is 0.128 e. The van der Waals surface area contributed by atoms with Gasteiger partial charge in [-0.25, -0.2) is 9.97 Å². The molecule has 3 heterocycles. The number of nitrogens with zero attached hydrogens (tertiary/aromatic N) is 3. The molecule has 2 aliphatic rings. The summed E-state index contributed by atoms with van der Waals surface area (Å²) in [7, 11) is 0. The van der Waals surface area contributed by atoms with E-state index in [1.54, 1.807) is 6.20 Å². The van der Waals surface area contributed by atoms with Crippen LogP contribution in [0.25, 0.3) is 0 Å². The Morgan fingerprint density at radius 3 is 2.56 bits per heavy atom. The molecular weight excluding hydrogens is 312 g/mol. The summed E-state index contributed by atoms with van der Waals surface area (Å²) in [6.07, 6.45) is 4.57. The molecule has 2 aromatic heterocycles. The third kappa shape index (κ3) is 3.47. The molecule has 0 radical (unpaired) electrons. The number of rotatable bonds is 3. The quantitative estimate of drug-likeness (QED) is 0.930. The maximum Gasteiger partial charge on any atom is 0.128 e. The van der Waals surface area contributed by atoms with Gasteiger partial charge in [-0.2, -0.15) is 0 Å². The molecule has 1 saturated heterocycles. The fourth-order valence-electron chi connectivity index (χ4n) is 4.06. The number of nitrogens with two attached hydrogens (primary N) is 1. The highest BCUT2D eigenvalue weighted by Gasteiger charge is 2.33. The Morgan fingerprint density at radius 1 is 1.08 bits per heavy atom. The number of hydrogen-bond acceptors (Lipinski definition) is 5. The molecule has 1 aliphatic heterocycles. The third-order valence-corrected chi connectivity index (χ3v) is 5.33. The lowest BCUT2D eigenvalue weighted by molar-refractivity contribution is -0.00547. The van der Waals surface area contributed by atoms with E-state index in [0.717, 1.165) is 31.7 Å². The minimum atomic E-state index is 0.249. The standard InChI is InChI=1S/C20H26N4O/c1-13-11-24(12-14(2)25-13)20-5-3-4-18(23-20)17-8-16(9-17)15-6-7-22-19(21)10-15/h3-7,10,13-14,16-17H,8-9,11-12H2,1-2H3,(H2,21,22)/t13-,14+,16-,17-. The van der Waals surface area contributed by atoms with Crippen molar-refractivity contribution < 1.29 is 4.74 Å². The van der Waals surface area contributed by atoms with E-state index in [0.29, 0.717) is 17.7 Å². The van der Waals surface area contributed by atoms with Crippen molar-refractivity contribution in [1.82, 2.24) is 9.97 Å². The van der Waals surface area contributed by atoms with E-state index in [-0.39, 0.29) is 12.2 Å². The Bertz CT molecular complexity index is 734.